The van der Waals surface area contributed by atoms with Gasteiger partial charge in [-0.2, -0.15) is 0 Å². The van der Waals surface area contributed by atoms with Gasteiger partial charge in [0.15, 0.2) is 0 Å². The summed E-state index contributed by atoms with van der Waals surface area (Å²) in [5.74, 6) is 1.03. The molecule has 4 heteroatoms. The lowest BCUT2D eigenvalue weighted by Crippen LogP contribution is -2.29. The van der Waals surface area contributed by atoms with E-state index in [9.17, 15) is 0 Å². The molecule has 0 amide bonds. The van der Waals surface area contributed by atoms with Crippen molar-refractivity contribution >= 4 is 17.0 Å². The molecule has 0 fully saturated rings. The van der Waals surface area contributed by atoms with Crippen LogP contribution in [0.1, 0.15) is 10.4 Å². The second kappa shape index (κ2) is 5.00. The van der Waals surface area contributed by atoms with Crippen LogP contribution < -0.4 is 15.8 Å². The lowest BCUT2D eigenvalue weighted by Gasteiger charge is -2.11. The number of nitrogen functional groups attached to an aromatic ring is 1. The van der Waals surface area contributed by atoms with Gasteiger partial charge in [-0.25, -0.2) is 0 Å². The van der Waals surface area contributed by atoms with Gasteiger partial charge in [-0.1, -0.05) is 18.2 Å². The van der Waals surface area contributed by atoms with Crippen LogP contribution in [-0.4, -0.2) is 12.6 Å². The van der Waals surface area contributed by atoms with E-state index >= 15 is 0 Å². The highest BCUT2D eigenvalue weighted by molar-refractivity contribution is 7.10. The molecule has 1 aliphatic heterocycles. The molecule has 1 unspecified atom stereocenters. The van der Waals surface area contributed by atoms with E-state index in [0.717, 1.165) is 30.9 Å². The molecule has 3 N–H and O–H groups in total. The Morgan fingerprint density at radius 1 is 1.33 bits per heavy atom. The average molecular weight is 260 g/mol. The van der Waals surface area contributed by atoms with Crippen LogP contribution in [0.25, 0.3) is 0 Å². The Morgan fingerprint density at radius 2 is 2.22 bits per heavy atom. The molecule has 0 radical (unpaired) electrons. The summed E-state index contributed by atoms with van der Waals surface area (Å²) in [6.45, 7) is 1.67. The number of ether oxygens (including phenoxy) is 1. The number of hydrogen-bond acceptors (Lipinski definition) is 4. The fourth-order valence-corrected chi connectivity index (χ4v) is 2.98. The minimum atomic E-state index is 0.239. The van der Waals surface area contributed by atoms with E-state index in [1.807, 2.05) is 23.6 Å². The Hall–Kier alpha value is -1.52. The summed E-state index contributed by atoms with van der Waals surface area (Å²) in [5, 5.41) is 5.43. The van der Waals surface area contributed by atoms with E-state index in [1.165, 1.54) is 10.4 Å². The maximum Gasteiger partial charge on any atom is 0.123 e. The molecule has 1 aromatic carbocycles. The maximum absolute atomic E-state index is 5.87. The predicted octanol–water partition coefficient (Wildman–Crippen LogP) is 2.42. The van der Waals surface area contributed by atoms with Gasteiger partial charge in [0, 0.05) is 30.1 Å². The van der Waals surface area contributed by atoms with Crippen LogP contribution in [0.4, 0.5) is 5.69 Å². The average Bonchev–Trinajstić information content (AvgIpc) is 2.96. The molecular formula is C14H16N2OS. The van der Waals surface area contributed by atoms with Crippen LogP contribution in [0, 0.1) is 0 Å². The van der Waals surface area contributed by atoms with Crippen LogP contribution in [0.2, 0.25) is 0 Å². The third-order valence-corrected chi connectivity index (χ3v) is 4.09. The second-order valence-electron chi connectivity index (χ2n) is 4.48. The summed E-state index contributed by atoms with van der Waals surface area (Å²) >= 11 is 1.69. The Kier molecular flexibility index (Phi) is 3.21. The predicted molar refractivity (Wildman–Crippen MR) is 75.0 cm³/mol. The molecule has 18 heavy (non-hydrogen) atoms. The second-order valence-corrected chi connectivity index (χ2v) is 5.48. The van der Waals surface area contributed by atoms with Crippen molar-refractivity contribution in [3.63, 3.8) is 0 Å². The highest BCUT2D eigenvalue weighted by atomic mass is 32.1. The molecule has 0 saturated carbocycles. The lowest BCUT2D eigenvalue weighted by molar-refractivity contribution is 0.227. The minimum Gasteiger partial charge on any atom is -0.488 e. The Labute approximate surface area is 111 Å². The largest absolute Gasteiger partial charge is 0.488 e. The quantitative estimate of drug-likeness (QED) is 0.887. The van der Waals surface area contributed by atoms with Crippen molar-refractivity contribution in [3.8, 4) is 5.75 Å². The molecule has 0 spiro atoms. The van der Waals surface area contributed by atoms with Gasteiger partial charge in [0.25, 0.3) is 0 Å². The molecular weight excluding hydrogens is 244 g/mol. The molecule has 3 nitrogen and oxygen atoms in total. The number of hydrogen-bond donors (Lipinski definition) is 2. The number of rotatable bonds is 4. The Bertz CT molecular complexity index is 513. The van der Waals surface area contributed by atoms with Crippen molar-refractivity contribution in [2.24, 2.45) is 0 Å². The molecule has 1 aromatic heterocycles. The van der Waals surface area contributed by atoms with Gasteiger partial charge in [0.2, 0.25) is 0 Å². The zero-order valence-electron chi connectivity index (χ0n) is 10.1. The molecule has 2 aromatic rings. The van der Waals surface area contributed by atoms with Crippen molar-refractivity contribution in [3.05, 3.63) is 46.2 Å². The Balaban J connectivity index is 1.50. The zero-order chi connectivity index (χ0) is 12.4. The zero-order valence-corrected chi connectivity index (χ0v) is 10.9. The third kappa shape index (κ3) is 2.35. The van der Waals surface area contributed by atoms with Gasteiger partial charge in [-0.3, -0.25) is 0 Å². The summed E-state index contributed by atoms with van der Waals surface area (Å²) in [7, 11) is 0. The van der Waals surface area contributed by atoms with E-state index in [-0.39, 0.29) is 6.10 Å². The van der Waals surface area contributed by atoms with E-state index < -0.39 is 0 Å². The minimum absolute atomic E-state index is 0.239. The molecule has 0 saturated heterocycles. The molecule has 1 atom stereocenters. The van der Waals surface area contributed by atoms with Gasteiger partial charge in [0.1, 0.15) is 11.9 Å². The number of nitrogens with two attached hydrogens (primary N) is 1. The van der Waals surface area contributed by atoms with Crippen LogP contribution in [-0.2, 0) is 13.0 Å². The number of benzene rings is 1. The molecule has 2 heterocycles. The van der Waals surface area contributed by atoms with Gasteiger partial charge >= 0.3 is 0 Å². The van der Waals surface area contributed by atoms with E-state index in [0.29, 0.717) is 0 Å². The third-order valence-electron chi connectivity index (χ3n) is 3.15. The standard InChI is InChI=1S/C14H16N2OS/c15-12-5-6-18-14(12)9-16-8-11-7-10-3-1-2-4-13(10)17-11/h1-6,11,16H,7-9,15H2. The number of nitrogens with one attached hydrogen (secondary N) is 1. The van der Waals surface area contributed by atoms with Crippen molar-refractivity contribution < 1.29 is 4.74 Å². The highest BCUT2D eigenvalue weighted by Gasteiger charge is 2.21. The summed E-state index contributed by atoms with van der Waals surface area (Å²) in [6.07, 6.45) is 1.23. The smallest absolute Gasteiger partial charge is 0.123 e. The normalized spacial score (nSPS) is 17.4. The van der Waals surface area contributed by atoms with Crippen molar-refractivity contribution in [1.29, 1.82) is 0 Å². The molecule has 3 rings (SSSR count). The van der Waals surface area contributed by atoms with Crippen molar-refractivity contribution in [2.75, 3.05) is 12.3 Å². The summed E-state index contributed by atoms with van der Waals surface area (Å²) < 4.78 is 5.87. The van der Waals surface area contributed by atoms with Crippen LogP contribution in [0.5, 0.6) is 5.75 Å². The first-order chi connectivity index (χ1) is 8.83. The summed E-state index contributed by atoms with van der Waals surface area (Å²) in [6, 6.07) is 10.2. The number of para-hydroxylation sites is 1. The summed E-state index contributed by atoms with van der Waals surface area (Å²) in [5.41, 5.74) is 8.03. The van der Waals surface area contributed by atoms with Gasteiger partial charge in [0.05, 0.1) is 0 Å². The summed E-state index contributed by atoms with van der Waals surface area (Å²) in [4.78, 5) is 1.20. The molecule has 0 bridgehead atoms. The van der Waals surface area contributed by atoms with Crippen LogP contribution in [0.15, 0.2) is 35.7 Å². The fraction of sp³-hybridized carbons (Fsp3) is 0.286. The molecule has 94 valence electrons. The van der Waals surface area contributed by atoms with E-state index in [4.69, 9.17) is 10.5 Å². The van der Waals surface area contributed by atoms with Gasteiger partial charge in [-0.05, 0) is 23.1 Å². The first-order valence-corrected chi connectivity index (χ1v) is 6.98. The highest BCUT2D eigenvalue weighted by Crippen LogP contribution is 2.27. The first kappa shape index (κ1) is 11.6. The Morgan fingerprint density at radius 3 is 3.00 bits per heavy atom. The van der Waals surface area contributed by atoms with E-state index in [1.54, 1.807) is 11.3 Å². The molecule has 0 aliphatic carbocycles. The monoisotopic (exact) mass is 260 g/mol. The SMILES string of the molecule is Nc1ccsc1CNCC1Cc2ccccc2O1. The first-order valence-electron chi connectivity index (χ1n) is 6.10. The maximum atomic E-state index is 5.87. The van der Waals surface area contributed by atoms with E-state index in [2.05, 4.69) is 17.4 Å². The lowest BCUT2D eigenvalue weighted by atomic mass is 10.1. The topological polar surface area (TPSA) is 47.3 Å². The van der Waals surface area contributed by atoms with Crippen molar-refractivity contribution in [2.45, 2.75) is 19.1 Å². The molecule has 1 aliphatic rings. The van der Waals surface area contributed by atoms with Gasteiger partial charge < -0.3 is 15.8 Å². The number of anilines is 1. The van der Waals surface area contributed by atoms with Gasteiger partial charge in [-0.15, -0.1) is 11.3 Å². The number of fused-ring (bicyclic) bond motifs is 1. The van der Waals surface area contributed by atoms with Crippen molar-refractivity contribution in [1.82, 2.24) is 5.32 Å². The number of thiophene rings is 1. The van der Waals surface area contributed by atoms with Crippen LogP contribution >= 0.6 is 11.3 Å². The van der Waals surface area contributed by atoms with Crippen LogP contribution in [0.3, 0.4) is 0 Å². The fourth-order valence-electron chi connectivity index (χ4n) is 2.21.